The van der Waals surface area contributed by atoms with Gasteiger partial charge in [-0.2, -0.15) is 10.1 Å². The summed E-state index contributed by atoms with van der Waals surface area (Å²) >= 11 is 0. The lowest BCUT2D eigenvalue weighted by Gasteiger charge is -2.19. The largest absolute Gasteiger partial charge is 0.339 e. The van der Waals surface area contributed by atoms with Gasteiger partial charge in [0.05, 0.1) is 6.20 Å². The van der Waals surface area contributed by atoms with E-state index < -0.39 is 0 Å². The van der Waals surface area contributed by atoms with Crippen LogP contribution >= 0.6 is 0 Å². The number of hydrogen-bond acceptors (Lipinski definition) is 5. The first-order valence-corrected chi connectivity index (χ1v) is 8.03. The summed E-state index contributed by atoms with van der Waals surface area (Å²) in [5.74, 6) is 1.54. The monoisotopic (exact) mass is 309 g/mol. The van der Waals surface area contributed by atoms with Crippen molar-refractivity contribution in [3.05, 3.63) is 47.2 Å². The van der Waals surface area contributed by atoms with Crippen LogP contribution in [-0.4, -0.2) is 24.9 Å². The molecule has 4 rings (SSSR count). The fraction of sp³-hybridized carbons (Fsp3) is 0.412. The Morgan fingerprint density at radius 2 is 2.30 bits per heavy atom. The van der Waals surface area contributed by atoms with Gasteiger partial charge in [-0.05, 0) is 42.5 Å². The van der Waals surface area contributed by atoms with Crippen LogP contribution in [0.25, 0.3) is 11.5 Å². The van der Waals surface area contributed by atoms with Gasteiger partial charge in [-0.15, -0.1) is 0 Å². The van der Waals surface area contributed by atoms with Gasteiger partial charge in [0, 0.05) is 31.3 Å². The molecule has 3 aromatic rings. The molecule has 3 heterocycles. The molecule has 0 saturated carbocycles. The van der Waals surface area contributed by atoms with Gasteiger partial charge in [-0.25, -0.2) is 0 Å². The molecule has 0 radical (unpaired) electrons. The molecule has 0 fully saturated rings. The molecule has 1 atom stereocenters. The number of nitrogens with zero attached hydrogens (tertiary/aromatic N) is 5. The van der Waals surface area contributed by atoms with Gasteiger partial charge >= 0.3 is 0 Å². The summed E-state index contributed by atoms with van der Waals surface area (Å²) in [6, 6.07) is 4.03. The smallest absolute Gasteiger partial charge is 0.230 e. The van der Waals surface area contributed by atoms with E-state index in [-0.39, 0.29) is 5.92 Å². The maximum absolute atomic E-state index is 5.53. The quantitative estimate of drug-likeness (QED) is 0.744. The Morgan fingerprint density at radius 3 is 3.17 bits per heavy atom. The zero-order chi connectivity index (χ0) is 15.8. The number of aryl methyl sites for hydroxylation is 3. The first-order chi connectivity index (χ1) is 11.2. The van der Waals surface area contributed by atoms with E-state index in [1.807, 2.05) is 30.1 Å². The van der Waals surface area contributed by atoms with E-state index in [1.165, 1.54) is 16.8 Å². The maximum atomic E-state index is 5.53. The van der Waals surface area contributed by atoms with E-state index in [9.17, 15) is 0 Å². The highest BCUT2D eigenvalue weighted by Gasteiger charge is 2.27. The van der Waals surface area contributed by atoms with Crippen molar-refractivity contribution in [3.63, 3.8) is 0 Å². The molecule has 1 aliphatic carbocycles. The minimum Gasteiger partial charge on any atom is -0.339 e. The van der Waals surface area contributed by atoms with Gasteiger partial charge < -0.3 is 4.52 Å². The second-order valence-electron chi connectivity index (χ2n) is 6.04. The van der Waals surface area contributed by atoms with Crippen molar-refractivity contribution < 1.29 is 4.52 Å². The lowest BCUT2D eigenvalue weighted by Crippen LogP contribution is -2.15. The Balaban J connectivity index is 1.60. The SMILES string of the molecule is CCc1ccnc(-c2noc(C3CCc4cnn(C)c4C3)n2)c1. The summed E-state index contributed by atoms with van der Waals surface area (Å²) in [4.78, 5) is 8.96. The number of rotatable bonds is 3. The molecule has 0 aromatic carbocycles. The van der Waals surface area contributed by atoms with E-state index in [0.717, 1.165) is 31.4 Å². The first-order valence-electron chi connectivity index (χ1n) is 8.03. The average Bonchev–Trinajstić information content (AvgIpc) is 3.22. The van der Waals surface area contributed by atoms with Crippen LogP contribution in [0.5, 0.6) is 0 Å². The highest BCUT2D eigenvalue weighted by molar-refractivity contribution is 5.49. The minimum absolute atomic E-state index is 0.258. The van der Waals surface area contributed by atoms with Gasteiger partial charge in [0.25, 0.3) is 0 Å². The summed E-state index contributed by atoms with van der Waals surface area (Å²) in [6.45, 7) is 2.12. The molecule has 3 aromatic heterocycles. The predicted octanol–water partition coefficient (Wildman–Crippen LogP) is 2.70. The standard InChI is InChI=1S/C17H19N5O/c1-3-11-6-7-18-14(8-11)16-20-17(23-21-16)12-4-5-13-10-19-22(2)15(13)9-12/h6-8,10,12H,3-5,9H2,1-2H3. The molecule has 0 amide bonds. The van der Waals surface area contributed by atoms with Gasteiger partial charge in [-0.1, -0.05) is 12.1 Å². The van der Waals surface area contributed by atoms with Crippen LogP contribution in [0.3, 0.4) is 0 Å². The summed E-state index contributed by atoms with van der Waals surface area (Å²) in [5.41, 5.74) is 4.60. The Bertz CT molecular complexity index is 835. The van der Waals surface area contributed by atoms with Crippen LogP contribution in [0.1, 0.15) is 42.0 Å². The van der Waals surface area contributed by atoms with Crippen LogP contribution < -0.4 is 0 Å². The molecule has 0 saturated heterocycles. The maximum Gasteiger partial charge on any atom is 0.230 e. The predicted molar refractivity (Wildman–Crippen MR) is 84.9 cm³/mol. The van der Waals surface area contributed by atoms with Crippen LogP contribution in [0.2, 0.25) is 0 Å². The number of aromatic nitrogens is 5. The van der Waals surface area contributed by atoms with Crippen molar-refractivity contribution in [3.8, 4) is 11.5 Å². The molecule has 6 heteroatoms. The molecule has 23 heavy (non-hydrogen) atoms. The summed E-state index contributed by atoms with van der Waals surface area (Å²) in [5, 5.41) is 8.47. The van der Waals surface area contributed by atoms with Crippen molar-refractivity contribution >= 4 is 0 Å². The Morgan fingerprint density at radius 1 is 1.39 bits per heavy atom. The van der Waals surface area contributed by atoms with Crippen LogP contribution in [0.4, 0.5) is 0 Å². The van der Waals surface area contributed by atoms with E-state index in [4.69, 9.17) is 4.52 Å². The topological polar surface area (TPSA) is 69.6 Å². The van der Waals surface area contributed by atoms with Crippen molar-refractivity contribution in [2.24, 2.45) is 7.05 Å². The number of fused-ring (bicyclic) bond motifs is 1. The number of hydrogen-bond donors (Lipinski definition) is 0. The van der Waals surface area contributed by atoms with Gasteiger partial charge in [0.15, 0.2) is 0 Å². The average molecular weight is 309 g/mol. The van der Waals surface area contributed by atoms with Gasteiger partial charge in [0.2, 0.25) is 11.7 Å². The molecule has 0 spiro atoms. The summed E-state index contributed by atoms with van der Waals surface area (Å²) < 4.78 is 7.48. The Kier molecular flexibility index (Phi) is 3.44. The summed E-state index contributed by atoms with van der Waals surface area (Å²) in [6.07, 6.45) is 7.65. The highest BCUT2D eigenvalue weighted by atomic mass is 16.5. The van der Waals surface area contributed by atoms with Crippen molar-refractivity contribution in [1.82, 2.24) is 24.9 Å². The Labute approximate surface area is 134 Å². The molecular formula is C17H19N5O. The van der Waals surface area contributed by atoms with E-state index in [2.05, 4.69) is 27.1 Å². The third-order valence-electron chi connectivity index (χ3n) is 4.60. The zero-order valence-corrected chi connectivity index (χ0v) is 13.4. The molecule has 6 nitrogen and oxygen atoms in total. The lowest BCUT2D eigenvalue weighted by molar-refractivity contribution is 0.338. The van der Waals surface area contributed by atoms with Crippen LogP contribution in [0, 0.1) is 0 Å². The molecule has 0 N–H and O–H groups in total. The van der Waals surface area contributed by atoms with E-state index in [1.54, 1.807) is 6.20 Å². The normalized spacial score (nSPS) is 17.2. The van der Waals surface area contributed by atoms with Gasteiger partial charge in [-0.3, -0.25) is 9.67 Å². The molecule has 1 unspecified atom stereocenters. The highest BCUT2D eigenvalue weighted by Crippen LogP contribution is 2.32. The second kappa shape index (κ2) is 5.61. The fourth-order valence-corrected chi connectivity index (χ4v) is 3.18. The van der Waals surface area contributed by atoms with Crippen molar-refractivity contribution in [2.45, 2.75) is 38.5 Å². The van der Waals surface area contributed by atoms with Crippen molar-refractivity contribution in [2.75, 3.05) is 0 Å². The van der Waals surface area contributed by atoms with E-state index in [0.29, 0.717) is 11.7 Å². The van der Waals surface area contributed by atoms with E-state index >= 15 is 0 Å². The number of pyridine rings is 1. The van der Waals surface area contributed by atoms with Crippen molar-refractivity contribution in [1.29, 1.82) is 0 Å². The third kappa shape index (κ3) is 2.54. The molecule has 0 bridgehead atoms. The first kappa shape index (κ1) is 14.1. The molecule has 1 aliphatic rings. The zero-order valence-electron chi connectivity index (χ0n) is 13.4. The molecule has 118 valence electrons. The Hall–Kier alpha value is -2.50. The molecule has 0 aliphatic heterocycles. The fourth-order valence-electron chi connectivity index (χ4n) is 3.18. The summed E-state index contributed by atoms with van der Waals surface area (Å²) in [7, 11) is 1.99. The van der Waals surface area contributed by atoms with Gasteiger partial charge in [0.1, 0.15) is 5.69 Å². The lowest BCUT2D eigenvalue weighted by atomic mass is 9.88. The second-order valence-corrected chi connectivity index (χ2v) is 6.04. The third-order valence-corrected chi connectivity index (χ3v) is 4.60. The van der Waals surface area contributed by atoms with Crippen LogP contribution in [0.15, 0.2) is 29.0 Å². The molecular weight excluding hydrogens is 290 g/mol. The minimum atomic E-state index is 0.258. The van der Waals surface area contributed by atoms with Crippen LogP contribution in [-0.2, 0) is 26.3 Å².